The topological polar surface area (TPSA) is 0 Å². The molecule has 0 aliphatic rings. The van der Waals surface area contributed by atoms with E-state index < -0.39 is 9.17 Å². The Morgan fingerprint density at radius 2 is 1.71 bits per heavy atom. The maximum atomic E-state index is 6.06. The van der Waals surface area contributed by atoms with Crippen molar-refractivity contribution in [3.05, 3.63) is 34.9 Å². The molecule has 1 aromatic carbocycles. The summed E-state index contributed by atoms with van der Waals surface area (Å²) in [6.07, 6.45) is 0.225. The molecule has 0 radical (unpaired) electrons. The molecular weight excluding hydrogens is 285 g/mol. The summed E-state index contributed by atoms with van der Waals surface area (Å²) in [5, 5.41) is 0.193. The van der Waals surface area contributed by atoms with E-state index in [9.17, 15) is 0 Å². The lowest BCUT2D eigenvalue weighted by Gasteiger charge is -2.16. The maximum Gasteiger partial charge on any atom is 0.192 e. The van der Waals surface area contributed by atoms with Crippen molar-refractivity contribution in [3.63, 3.8) is 0 Å². The van der Waals surface area contributed by atoms with Crippen molar-refractivity contribution in [2.75, 3.05) is 0 Å². The number of hydrogen-bond acceptors (Lipinski definition) is 0. The molecule has 0 heterocycles. The predicted molar refractivity (Wildman–Crippen MR) is 65.0 cm³/mol. The number of rotatable bonds is 2. The fraction of sp³-hybridized carbons (Fsp3) is 0.333. The molecule has 5 heteroatoms. The second kappa shape index (κ2) is 5.14. The standard InChI is InChI=1S/C9H7Cl5/c10-7-4-2-1-3-6(7)8(11)5-9(12,13)14/h1-4,8H,5H2. The van der Waals surface area contributed by atoms with Crippen LogP contribution in [0.4, 0.5) is 0 Å². The SMILES string of the molecule is Clc1ccccc1C(Cl)CC(Cl)(Cl)Cl. The van der Waals surface area contributed by atoms with E-state index in [1.807, 2.05) is 18.2 Å². The first kappa shape index (κ1) is 12.7. The number of benzene rings is 1. The van der Waals surface area contributed by atoms with Crippen molar-refractivity contribution >= 4 is 58.0 Å². The zero-order valence-electron chi connectivity index (χ0n) is 6.98. The van der Waals surface area contributed by atoms with Gasteiger partial charge in [0.1, 0.15) is 0 Å². The lowest BCUT2D eigenvalue weighted by Crippen LogP contribution is -2.06. The molecule has 0 N–H and O–H groups in total. The van der Waals surface area contributed by atoms with Gasteiger partial charge < -0.3 is 0 Å². The summed E-state index contributed by atoms with van der Waals surface area (Å²) in [5.74, 6) is 0. The molecule has 1 unspecified atom stereocenters. The number of hydrogen-bond donors (Lipinski definition) is 0. The molecule has 0 aromatic heterocycles. The quantitative estimate of drug-likeness (QED) is 0.642. The van der Waals surface area contributed by atoms with E-state index >= 15 is 0 Å². The Bertz CT molecular complexity index is 304. The molecule has 0 bridgehead atoms. The Labute approximate surface area is 108 Å². The second-order valence-electron chi connectivity index (χ2n) is 2.81. The predicted octanol–water partition coefficient (Wildman–Crippen LogP) is 5.38. The minimum atomic E-state index is -1.36. The van der Waals surface area contributed by atoms with Gasteiger partial charge in [0.15, 0.2) is 3.79 Å². The summed E-state index contributed by atoms with van der Waals surface area (Å²) >= 11 is 28.9. The zero-order chi connectivity index (χ0) is 10.8. The molecule has 0 amide bonds. The van der Waals surface area contributed by atoms with Crippen molar-refractivity contribution in [2.45, 2.75) is 15.6 Å². The van der Waals surface area contributed by atoms with Crippen LogP contribution in [0.5, 0.6) is 0 Å². The lowest BCUT2D eigenvalue weighted by molar-refractivity contribution is 0.821. The maximum absolute atomic E-state index is 6.06. The first-order valence-corrected chi connectivity index (χ1v) is 5.80. The van der Waals surface area contributed by atoms with Gasteiger partial charge in [0.2, 0.25) is 0 Å². The van der Waals surface area contributed by atoms with Crippen LogP contribution in [0.2, 0.25) is 5.02 Å². The third-order valence-corrected chi connectivity index (χ3v) is 2.85. The van der Waals surface area contributed by atoms with E-state index in [1.165, 1.54) is 0 Å². The molecule has 0 aliphatic heterocycles. The molecule has 0 saturated heterocycles. The highest BCUT2D eigenvalue weighted by Crippen LogP contribution is 2.40. The highest BCUT2D eigenvalue weighted by molar-refractivity contribution is 6.67. The number of halogens is 5. The van der Waals surface area contributed by atoms with Gasteiger partial charge in [0.05, 0.1) is 5.38 Å². The Morgan fingerprint density at radius 1 is 1.14 bits per heavy atom. The smallest absolute Gasteiger partial charge is 0.118 e. The van der Waals surface area contributed by atoms with Gasteiger partial charge in [-0.1, -0.05) is 64.6 Å². The van der Waals surface area contributed by atoms with Crippen molar-refractivity contribution in [1.29, 1.82) is 0 Å². The van der Waals surface area contributed by atoms with Gasteiger partial charge in [-0.25, -0.2) is 0 Å². The van der Waals surface area contributed by atoms with E-state index in [1.54, 1.807) is 6.07 Å². The highest BCUT2D eigenvalue weighted by atomic mass is 35.6. The Hall–Kier alpha value is 0.670. The summed E-state index contributed by atoms with van der Waals surface area (Å²) in [4.78, 5) is 0. The average molecular weight is 292 g/mol. The van der Waals surface area contributed by atoms with Crippen molar-refractivity contribution in [2.24, 2.45) is 0 Å². The van der Waals surface area contributed by atoms with Crippen LogP contribution in [0, 0.1) is 0 Å². The van der Waals surface area contributed by atoms with Crippen LogP contribution in [0.1, 0.15) is 17.4 Å². The van der Waals surface area contributed by atoms with E-state index in [4.69, 9.17) is 58.0 Å². The molecule has 78 valence electrons. The molecule has 0 spiro atoms. The molecule has 0 saturated carbocycles. The third kappa shape index (κ3) is 4.04. The van der Waals surface area contributed by atoms with Gasteiger partial charge in [-0.3, -0.25) is 0 Å². The van der Waals surface area contributed by atoms with Crippen LogP contribution < -0.4 is 0 Å². The fourth-order valence-electron chi connectivity index (χ4n) is 1.04. The first-order chi connectivity index (χ1) is 6.40. The average Bonchev–Trinajstić information content (AvgIpc) is 2.01. The normalized spacial score (nSPS) is 14.1. The fourth-order valence-corrected chi connectivity index (χ4v) is 2.49. The van der Waals surface area contributed by atoms with E-state index in [0.29, 0.717) is 5.02 Å². The third-order valence-electron chi connectivity index (χ3n) is 1.65. The molecule has 14 heavy (non-hydrogen) atoms. The Kier molecular flexibility index (Phi) is 4.67. The molecule has 0 fully saturated rings. The van der Waals surface area contributed by atoms with E-state index in [2.05, 4.69) is 0 Å². The van der Waals surface area contributed by atoms with Crippen molar-refractivity contribution in [1.82, 2.24) is 0 Å². The summed E-state index contributed by atoms with van der Waals surface area (Å²) in [6, 6.07) is 7.24. The van der Waals surface area contributed by atoms with Gasteiger partial charge in [-0.15, -0.1) is 11.6 Å². The summed E-state index contributed by atoms with van der Waals surface area (Å²) in [7, 11) is 0. The molecular formula is C9H7Cl5. The monoisotopic (exact) mass is 290 g/mol. The lowest BCUT2D eigenvalue weighted by atomic mass is 10.1. The summed E-state index contributed by atoms with van der Waals surface area (Å²) < 4.78 is -1.36. The highest BCUT2D eigenvalue weighted by Gasteiger charge is 2.26. The van der Waals surface area contributed by atoms with Gasteiger partial charge in [0.25, 0.3) is 0 Å². The molecule has 0 aliphatic carbocycles. The minimum Gasteiger partial charge on any atom is -0.118 e. The van der Waals surface area contributed by atoms with Gasteiger partial charge in [-0.05, 0) is 11.6 Å². The Balaban J connectivity index is 2.80. The van der Waals surface area contributed by atoms with Crippen molar-refractivity contribution in [3.8, 4) is 0 Å². The van der Waals surface area contributed by atoms with Crippen LogP contribution >= 0.6 is 58.0 Å². The van der Waals surface area contributed by atoms with Gasteiger partial charge in [0, 0.05) is 11.4 Å². The minimum absolute atomic E-state index is 0.225. The van der Waals surface area contributed by atoms with E-state index in [-0.39, 0.29) is 6.42 Å². The van der Waals surface area contributed by atoms with Crippen LogP contribution in [-0.4, -0.2) is 3.79 Å². The van der Waals surface area contributed by atoms with Gasteiger partial charge in [-0.2, -0.15) is 0 Å². The molecule has 1 rings (SSSR count). The molecule has 1 atom stereocenters. The van der Waals surface area contributed by atoms with Crippen LogP contribution in [0.15, 0.2) is 24.3 Å². The first-order valence-electron chi connectivity index (χ1n) is 3.85. The van der Waals surface area contributed by atoms with Gasteiger partial charge >= 0.3 is 0 Å². The largest absolute Gasteiger partial charge is 0.192 e. The van der Waals surface area contributed by atoms with Crippen LogP contribution in [0.3, 0.4) is 0 Å². The zero-order valence-corrected chi connectivity index (χ0v) is 10.8. The van der Waals surface area contributed by atoms with Crippen molar-refractivity contribution < 1.29 is 0 Å². The summed E-state index contributed by atoms with van der Waals surface area (Å²) in [6.45, 7) is 0. The number of alkyl halides is 4. The van der Waals surface area contributed by atoms with Crippen LogP contribution in [0.25, 0.3) is 0 Å². The van der Waals surface area contributed by atoms with E-state index in [0.717, 1.165) is 5.56 Å². The second-order valence-corrected chi connectivity index (χ2v) is 6.26. The summed E-state index contributed by atoms with van der Waals surface area (Å²) in [5.41, 5.74) is 0.780. The molecule has 0 nitrogen and oxygen atoms in total. The van der Waals surface area contributed by atoms with Crippen LogP contribution in [-0.2, 0) is 0 Å². The Morgan fingerprint density at radius 3 is 2.21 bits per heavy atom. The molecule has 1 aromatic rings.